The van der Waals surface area contributed by atoms with E-state index in [4.69, 9.17) is 16.1 Å². The molecule has 0 spiro atoms. The molecule has 0 aliphatic rings. The fraction of sp³-hybridized carbons (Fsp3) is 0.0667. The Bertz CT molecular complexity index is 939. The van der Waals surface area contributed by atoms with Gasteiger partial charge in [0.25, 0.3) is 0 Å². The minimum atomic E-state index is -3.70. The molecule has 3 rings (SSSR count). The van der Waals surface area contributed by atoms with Crippen molar-refractivity contribution in [3.05, 3.63) is 65.3 Å². The maximum Gasteiger partial charge on any atom is 0.242 e. The molecule has 1 aromatic heterocycles. The van der Waals surface area contributed by atoms with E-state index in [2.05, 4.69) is 10.1 Å². The van der Waals surface area contributed by atoms with E-state index in [0.717, 1.165) is 12.1 Å². The molecule has 118 valence electrons. The van der Waals surface area contributed by atoms with Gasteiger partial charge in [-0.2, -0.15) is 4.98 Å². The molecular formula is C15H10ClFN2O3S. The second kappa shape index (κ2) is 6.10. The van der Waals surface area contributed by atoms with Crippen LogP contribution in [0.1, 0.15) is 5.89 Å². The highest BCUT2D eigenvalue weighted by atomic mass is 35.5. The third kappa shape index (κ3) is 3.57. The SMILES string of the molecule is O=S(=O)(Cc1nc(-c2cccc(Cl)c2)no1)c1ccc(F)cc1. The summed E-state index contributed by atoms with van der Waals surface area (Å²) in [6, 6.07) is 11.3. The lowest BCUT2D eigenvalue weighted by Gasteiger charge is -2.00. The lowest BCUT2D eigenvalue weighted by molar-refractivity contribution is 0.389. The monoisotopic (exact) mass is 352 g/mol. The molecule has 1 heterocycles. The zero-order valence-corrected chi connectivity index (χ0v) is 13.2. The normalized spacial score (nSPS) is 11.6. The van der Waals surface area contributed by atoms with Gasteiger partial charge in [0, 0.05) is 10.6 Å². The van der Waals surface area contributed by atoms with E-state index in [0.29, 0.717) is 10.6 Å². The van der Waals surface area contributed by atoms with Crippen molar-refractivity contribution in [2.75, 3.05) is 0 Å². The summed E-state index contributed by atoms with van der Waals surface area (Å²) >= 11 is 5.89. The second-order valence-electron chi connectivity index (χ2n) is 4.74. The zero-order valence-electron chi connectivity index (χ0n) is 11.6. The third-order valence-corrected chi connectivity index (χ3v) is 4.89. The molecule has 0 saturated carbocycles. The van der Waals surface area contributed by atoms with Gasteiger partial charge in [-0.1, -0.05) is 28.9 Å². The Morgan fingerprint density at radius 1 is 1.13 bits per heavy atom. The Balaban J connectivity index is 1.85. The molecule has 0 unspecified atom stereocenters. The molecule has 0 atom stereocenters. The van der Waals surface area contributed by atoms with Crippen molar-refractivity contribution < 1.29 is 17.3 Å². The van der Waals surface area contributed by atoms with E-state index in [-0.39, 0.29) is 16.6 Å². The van der Waals surface area contributed by atoms with Crippen LogP contribution in [0.2, 0.25) is 5.02 Å². The van der Waals surface area contributed by atoms with Gasteiger partial charge in [-0.3, -0.25) is 0 Å². The number of nitrogens with zero attached hydrogens (tertiary/aromatic N) is 2. The maximum absolute atomic E-state index is 12.9. The van der Waals surface area contributed by atoms with Gasteiger partial charge < -0.3 is 4.52 Å². The van der Waals surface area contributed by atoms with Crippen molar-refractivity contribution in [1.29, 1.82) is 0 Å². The quantitative estimate of drug-likeness (QED) is 0.672. The van der Waals surface area contributed by atoms with Gasteiger partial charge in [0.2, 0.25) is 11.7 Å². The number of hydrogen-bond acceptors (Lipinski definition) is 5. The first-order valence-corrected chi connectivity index (χ1v) is 8.54. The highest BCUT2D eigenvalue weighted by molar-refractivity contribution is 7.90. The van der Waals surface area contributed by atoms with Crippen LogP contribution >= 0.6 is 11.6 Å². The molecule has 8 heteroatoms. The average Bonchev–Trinajstić information content (AvgIpc) is 2.95. The topological polar surface area (TPSA) is 73.1 Å². The summed E-state index contributed by atoms with van der Waals surface area (Å²) < 4.78 is 42.3. The number of aromatic nitrogens is 2. The molecule has 2 aromatic carbocycles. The third-order valence-electron chi connectivity index (χ3n) is 3.04. The molecule has 5 nitrogen and oxygen atoms in total. The Kier molecular flexibility index (Phi) is 4.14. The van der Waals surface area contributed by atoms with Crippen LogP contribution in [0.25, 0.3) is 11.4 Å². The van der Waals surface area contributed by atoms with E-state index >= 15 is 0 Å². The minimum Gasteiger partial charge on any atom is -0.338 e. The molecule has 0 aliphatic heterocycles. The van der Waals surface area contributed by atoms with Crippen LogP contribution in [-0.2, 0) is 15.6 Å². The molecule has 0 bridgehead atoms. The van der Waals surface area contributed by atoms with Gasteiger partial charge in [0.1, 0.15) is 11.6 Å². The van der Waals surface area contributed by atoms with Gasteiger partial charge in [-0.15, -0.1) is 0 Å². The standard InChI is InChI=1S/C15H10ClFN2O3S/c16-11-3-1-2-10(8-11)15-18-14(22-19-15)9-23(20,21)13-6-4-12(17)5-7-13/h1-8H,9H2. The average molecular weight is 353 g/mol. The van der Waals surface area contributed by atoms with Gasteiger partial charge in [-0.25, -0.2) is 12.8 Å². The first-order chi connectivity index (χ1) is 10.9. The highest BCUT2D eigenvalue weighted by Crippen LogP contribution is 2.22. The predicted octanol–water partition coefficient (Wildman–Crippen LogP) is 3.50. The van der Waals surface area contributed by atoms with E-state index < -0.39 is 21.4 Å². The van der Waals surface area contributed by atoms with Gasteiger partial charge >= 0.3 is 0 Å². The second-order valence-corrected chi connectivity index (χ2v) is 7.16. The number of sulfone groups is 1. The van der Waals surface area contributed by atoms with Crippen LogP contribution in [0.4, 0.5) is 4.39 Å². The van der Waals surface area contributed by atoms with Crippen LogP contribution in [0.5, 0.6) is 0 Å². The van der Waals surface area contributed by atoms with Crippen LogP contribution in [-0.4, -0.2) is 18.6 Å². The van der Waals surface area contributed by atoms with Crippen LogP contribution in [0, 0.1) is 5.82 Å². The van der Waals surface area contributed by atoms with Crippen LogP contribution < -0.4 is 0 Å². The molecular weight excluding hydrogens is 343 g/mol. The summed E-state index contributed by atoms with van der Waals surface area (Å²) in [7, 11) is -3.70. The molecule has 23 heavy (non-hydrogen) atoms. The van der Waals surface area contributed by atoms with Gasteiger partial charge in [0.15, 0.2) is 9.84 Å². The highest BCUT2D eigenvalue weighted by Gasteiger charge is 2.20. The van der Waals surface area contributed by atoms with E-state index in [1.165, 1.54) is 12.1 Å². The lowest BCUT2D eigenvalue weighted by atomic mass is 10.2. The van der Waals surface area contributed by atoms with Gasteiger partial charge in [0.05, 0.1) is 4.90 Å². The lowest BCUT2D eigenvalue weighted by Crippen LogP contribution is -2.05. The molecule has 0 saturated heterocycles. The van der Waals surface area contributed by atoms with Crippen molar-refractivity contribution in [2.24, 2.45) is 0 Å². The van der Waals surface area contributed by atoms with Crippen molar-refractivity contribution in [3.63, 3.8) is 0 Å². The Morgan fingerprint density at radius 3 is 2.57 bits per heavy atom. The molecule has 0 radical (unpaired) electrons. The Hall–Kier alpha value is -2.25. The Morgan fingerprint density at radius 2 is 1.87 bits per heavy atom. The first kappa shape index (κ1) is 15.6. The predicted molar refractivity (Wildman–Crippen MR) is 82.0 cm³/mol. The number of benzene rings is 2. The first-order valence-electron chi connectivity index (χ1n) is 6.51. The summed E-state index contributed by atoms with van der Waals surface area (Å²) in [5.41, 5.74) is 0.617. The smallest absolute Gasteiger partial charge is 0.242 e. The number of hydrogen-bond donors (Lipinski definition) is 0. The zero-order chi connectivity index (χ0) is 16.4. The minimum absolute atomic E-state index is 0.0126. The van der Waals surface area contributed by atoms with E-state index in [1.54, 1.807) is 24.3 Å². The van der Waals surface area contributed by atoms with E-state index in [1.807, 2.05) is 0 Å². The molecule has 0 aliphatic carbocycles. The summed E-state index contributed by atoms with van der Waals surface area (Å²) in [6.07, 6.45) is 0. The van der Waals surface area contributed by atoms with Crippen molar-refractivity contribution in [2.45, 2.75) is 10.6 Å². The summed E-state index contributed by atoms with van der Waals surface area (Å²) in [4.78, 5) is 4.05. The molecule has 0 amide bonds. The summed E-state index contributed by atoms with van der Waals surface area (Å²) in [6.45, 7) is 0. The maximum atomic E-state index is 12.9. The fourth-order valence-corrected chi connectivity index (χ4v) is 3.30. The largest absolute Gasteiger partial charge is 0.338 e. The number of halogens is 2. The summed E-state index contributed by atoms with van der Waals surface area (Å²) in [5.74, 6) is -0.780. The Labute approximate surface area is 136 Å². The molecule has 3 aromatic rings. The van der Waals surface area contributed by atoms with Crippen molar-refractivity contribution >= 4 is 21.4 Å². The van der Waals surface area contributed by atoms with Crippen molar-refractivity contribution in [3.8, 4) is 11.4 Å². The van der Waals surface area contributed by atoms with E-state index in [9.17, 15) is 12.8 Å². The van der Waals surface area contributed by atoms with Crippen LogP contribution in [0.15, 0.2) is 57.9 Å². The van der Waals surface area contributed by atoms with Crippen LogP contribution in [0.3, 0.4) is 0 Å². The molecule has 0 fully saturated rings. The van der Waals surface area contributed by atoms with Gasteiger partial charge in [-0.05, 0) is 36.4 Å². The van der Waals surface area contributed by atoms with Crippen molar-refractivity contribution in [1.82, 2.24) is 10.1 Å². The number of rotatable bonds is 4. The molecule has 0 N–H and O–H groups in total. The fourth-order valence-electron chi connectivity index (χ4n) is 1.95. The summed E-state index contributed by atoms with van der Waals surface area (Å²) in [5, 5.41) is 4.26.